The number of likely N-dealkylation sites (tertiary alicyclic amines) is 1. The van der Waals surface area contributed by atoms with E-state index in [1.165, 1.54) is 0 Å². The molecule has 1 aromatic heterocycles. The number of carbonyl (C=O) groups is 1. The van der Waals surface area contributed by atoms with Crippen molar-refractivity contribution in [1.29, 1.82) is 0 Å². The fourth-order valence-corrected chi connectivity index (χ4v) is 4.52. The lowest BCUT2D eigenvalue weighted by Crippen LogP contribution is -2.46. The lowest BCUT2D eigenvalue weighted by atomic mass is 9.95. The Hall–Kier alpha value is -2.87. The molecule has 0 aliphatic carbocycles. The van der Waals surface area contributed by atoms with Crippen LogP contribution in [0.3, 0.4) is 0 Å². The van der Waals surface area contributed by atoms with E-state index >= 15 is 0 Å². The van der Waals surface area contributed by atoms with Gasteiger partial charge in [-0.05, 0) is 38.4 Å². The van der Waals surface area contributed by atoms with Crippen molar-refractivity contribution in [1.82, 2.24) is 19.8 Å². The van der Waals surface area contributed by atoms with Gasteiger partial charge in [0.25, 0.3) is 11.5 Å². The molecule has 0 unspecified atom stereocenters. The molecule has 0 bridgehead atoms. The minimum absolute atomic E-state index is 0.0260. The molecule has 4 rings (SSSR count). The highest BCUT2D eigenvalue weighted by Gasteiger charge is 2.32. The maximum Gasteiger partial charge on any atom is 0.263 e. The number of amides is 1. The highest BCUT2D eigenvalue weighted by Crippen LogP contribution is 2.27. The van der Waals surface area contributed by atoms with Gasteiger partial charge in [-0.2, -0.15) is 0 Å². The molecule has 0 saturated carbocycles. The summed E-state index contributed by atoms with van der Waals surface area (Å²) in [7, 11) is 3.62. The van der Waals surface area contributed by atoms with E-state index in [4.69, 9.17) is 14.5 Å². The Kier molecular flexibility index (Phi) is 6.79. The number of fused-ring (bicyclic) bond motifs is 1. The third-order valence-electron chi connectivity index (χ3n) is 6.36. The van der Waals surface area contributed by atoms with Crippen molar-refractivity contribution in [2.24, 2.45) is 0 Å². The molecule has 32 heavy (non-hydrogen) atoms. The Morgan fingerprint density at radius 3 is 2.91 bits per heavy atom. The highest BCUT2D eigenvalue weighted by molar-refractivity contribution is 5.81. The Balaban J connectivity index is 1.47. The molecule has 1 amide bonds. The Bertz CT molecular complexity index is 1020. The van der Waals surface area contributed by atoms with Gasteiger partial charge in [-0.3, -0.25) is 9.59 Å². The molecule has 8 nitrogen and oxygen atoms in total. The van der Waals surface area contributed by atoms with E-state index in [1.807, 2.05) is 37.1 Å². The van der Waals surface area contributed by atoms with Gasteiger partial charge in [0.2, 0.25) is 0 Å². The van der Waals surface area contributed by atoms with Crippen molar-refractivity contribution in [3.63, 3.8) is 0 Å². The fourth-order valence-electron chi connectivity index (χ4n) is 4.52. The Morgan fingerprint density at radius 2 is 2.12 bits per heavy atom. The van der Waals surface area contributed by atoms with E-state index in [9.17, 15) is 9.59 Å². The van der Waals surface area contributed by atoms with E-state index in [-0.39, 0.29) is 17.4 Å². The minimum Gasteiger partial charge on any atom is -0.497 e. The van der Waals surface area contributed by atoms with Crippen molar-refractivity contribution in [3.8, 4) is 11.5 Å². The van der Waals surface area contributed by atoms with Crippen LogP contribution >= 0.6 is 0 Å². The maximum absolute atomic E-state index is 13.3. The van der Waals surface area contributed by atoms with Crippen LogP contribution in [0.1, 0.15) is 49.2 Å². The lowest BCUT2D eigenvalue weighted by Gasteiger charge is -2.34. The molecule has 2 aliphatic heterocycles. The maximum atomic E-state index is 13.3. The van der Waals surface area contributed by atoms with Crippen LogP contribution in [0.4, 0.5) is 0 Å². The molecular weight excluding hydrogens is 408 g/mol. The normalized spacial score (nSPS) is 19.8. The number of carbonyl (C=O) groups excluding carboxylic acids is 1. The second kappa shape index (κ2) is 9.73. The van der Waals surface area contributed by atoms with Crippen LogP contribution in [0.5, 0.6) is 11.5 Å². The number of aromatic amines is 1. The van der Waals surface area contributed by atoms with Gasteiger partial charge in [0, 0.05) is 44.6 Å². The monoisotopic (exact) mass is 440 g/mol. The van der Waals surface area contributed by atoms with Crippen LogP contribution in [0.2, 0.25) is 0 Å². The predicted molar refractivity (Wildman–Crippen MR) is 121 cm³/mol. The number of nitrogens with one attached hydrogen (secondary N) is 1. The number of aromatic nitrogens is 2. The molecule has 2 aromatic rings. The number of H-pyrrole nitrogens is 1. The zero-order valence-electron chi connectivity index (χ0n) is 19.1. The number of likely N-dealkylation sites (N-methyl/N-ethyl adjacent to an activating group) is 1. The number of piperidine rings is 1. The van der Waals surface area contributed by atoms with Crippen LogP contribution in [0.25, 0.3) is 0 Å². The molecule has 2 atom stereocenters. The van der Waals surface area contributed by atoms with E-state index < -0.39 is 6.10 Å². The number of methoxy groups -OCH3 is 1. The third-order valence-corrected chi connectivity index (χ3v) is 6.36. The topological polar surface area (TPSA) is 87.8 Å². The van der Waals surface area contributed by atoms with Crippen molar-refractivity contribution in [2.75, 3.05) is 33.8 Å². The summed E-state index contributed by atoms with van der Waals surface area (Å²) in [4.78, 5) is 37.7. The van der Waals surface area contributed by atoms with E-state index in [0.29, 0.717) is 43.4 Å². The molecule has 172 valence electrons. The zero-order chi connectivity index (χ0) is 22.7. The van der Waals surface area contributed by atoms with E-state index in [0.717, 1.165) is 37.1 Å². The molecule has 3 heterocycles. The smallest absolute Gasteiger partial charge is 0.263 e. The van der Waals surface area contributed by atoms with E-state index in [2.05, 4.69) is 9.88 Å². The summed E-state index contributed by atoms with van der Waals surface area (Å²) in [6.07, 6.45) is 2.56. The second-order valence-corrected chi connectivity index (χ2v) is 8.68. The summed E-state index contributed by atoms with van der Waals surface area (Å²) >= 11 is 0. The van der Waals surface area contributed by atoms with Crippen LogP contribution in [0.15, 0.2) is 29.1 Å². The van der Waals surface area contributed by atoms with Crippen LogP contribution in [-0.2, 0) is 17.8 Å². The largest absolute Gasteiger partial charge is 0.497 e. The number of nitrogens with zero attached hydrogens (tertiary/aromatic N) is 3. The quantitative estimate of drug-likeness (QED) is 0.742. The molecule has 0 spiro atoms. The van der Waals surface area contributed by atoms with E-state index in [1.54, 1.807) is 13.2 Å². The zero-order valence-corrected chi connectivity index (χ0v) is 19.1. The molecule has 2 aliphatic rings. The minimum atomic E-state index is -0.563. The van der Waals surface area contributed by atoms with Gasteiger partial charge in [0.05, 0.1) is 18.4 Å². The number of hydrogen-bond acceptors (Lipinski definition) is 6. The first kappa shape index (κ1) is 22.3. The lowest BCUT2D eigenvalue weighted by molar-refractivity contribution is -0.140. The molecular formula is C24H32N4O4. The number of ether oxygens (including phenoxy) is 2. The molecule has 1 aromatic carbocycles. The average molecular weight is 441 g/mol. The highest BCUT2D eigenvalue weighted by atomic mass is 16.5. The number of hydrogen-bond donors (Lipinski definition) is 1. The van der Waals surface area contributed by atoms with Gasteiger partial charge in [0.15, 0.2) is 6.10 Å². The first-order valence-electron chi connectivity index (χ1n) is 11.4. The molecule has 8 heteroatoms. The summed E-state index contributed by atoms with van der Waals surface area (Å²) in [6.45, 7) is 4.71. The first-order valence-corrected chi connectivity index (χ1v) is 11.4. The first-order chi connectivity index (χ1) is 15.5. The molecule has 1 fully saturated rings. The average Bonchev–Trinajstić information content (AvgIpc) is 2.82. The van der Waals surface area contributed by atoms with Gasteiger partial charge in [-0.1, -0.05) is 13.0 Å². The van der Waals surface area contributed by atoms with Crippen molar-refractivity contribution in [3.05, 3.63) is 51.7 Å². The van der Waals surface area contributed by atoms with Gasteiger partial charge < -0.3 is 24.3 Å². The Labute approximate surface area is 188 Å². The van der Waals surface area contributed by atoms with Crippen molar-refractivity contribution >= 4 is 5.91 Å². The van der Waals surface area contributed by atoms with Crippen LogP contribution in [-0.4, -0.2) is 65.6 Å². The van der Waals surface area contributed by atoms with Crippen molar-refractivity contribution in [2.45, 2.75) is 51.2 Å². The van der Waals surface area contributed by atoms with Gasteiger partial charge in [-0.15, -0.1) is 0 Å². The molecule has 1 saturated heterocycles. The van der Waals surface area contributed by atoms with Crippen molar-refractivity contribution < 1.29 is 14.3 Å². The summed E-state index contributed by atoms with van der Waals surface area (Å²) in [5.41, 5.74) is 1.62. The number of rotatable bonds is 6. The number of benzene rings is 1. The van der Waals surface area contributed by atoms with Gasteiger partial charge >= 0.3 is 0 Å². The second-order valence-electron chi connectivity index (χ2n) is 8.68. The molecule has 0 radical (unpaired) electrons. The van der Waals surface area contributed by atoms with Crippen LogP contribution in [0, 0.1) is 0 Å². The third kappa shape index (κ3) is 4.80. The van der Waals surface area contributed by atoms with Crippen LogP contribution < -0.4 is 15.0 Å². The standard InChI is InChI=1S/C24H32N4O4/c1-4-21(32-18-9-5-8-17(13-18)31-3)24(30)28-11-6-7-16(14-28)22-25-20-10-12-27(2)15-19(20)23(29)26-22/h5,8-9,13,16,21H,4,6-7,10-12,14-15H2,1-3H3,(H,25,26,29)/t16-,21+/m1/s1. The van der Waals surface area contributed by atoms with Gasteiger partial charge in [-0.25, -0.2) is 4.98 Å². The summed E-state index contributed by atoms with van der Waals surface area (Å²) in [6, 6.07) is 7.30. The SMILES string of the molecule is CC[C@H](Oc1cccc(OC)c1)C(=O)N1CCC[C@@H](c2nc3c(c(=O)[nH]2)CN(C)CC3)C1. The summed E-state index contributed by atoms with van der Waals surface area (Å²) < 4.78 is 11.3. The van der Waals surface area contributed by atoms with Gasteiger partial charge in [0.1, 0.15) is 17.3 Å². The Morgan fingerprint density at radius 1 is 1.31 bits per heavy atom. The predicted octanol–water partition coefficient (Wildman–Crippen LogP) is 2.33. The summed E-state index contributed by atoms with van der Waals surface area (Å²) in [5.74, 6) is 2.01. The fraction of sp³-hybridized carbons (Fsp3) is 0.542. The molecule has 1 N–H and O–H groups in total. The summed E-state index contributed by atoms with van der Waals surface area (Å²) in [5, 5.41) is 0.